The van der Waals surface area contributed by atoms with Crippen molar-refractivity contribution in [2.45, 2.75) is 31.4 Å². The topological polar surface area (TPSA) is 103 Å². The molecule has 8 nitrogen and oxygen atoms in total. The number of nitrogens with two attached hydrogens (primary N) is 1. The first-order valence-corrected chi connectivity index (χ1v) is 9.76. The number of nitrogens with zero attached hydrogens (tertiary/aromatic N) is 1. The monoisotopic (exact) mass is 391 g/mol. The molecule has 2 atom stereocenters. The van der Waals surface area contributed by atoms with E-state index < -0.39 is 12.0 Å². The molecule has 1 aromatic rings. The lowest BCUT2D eigenvalue weighted by Gasteiger charge is -2.26. The molecule has 154 valence electrons. The fraction of sp³-hybridized carbons (Fsp3) is 0.600. The number of ether oxygens (including phenoxy) is 3. The number of carbonyl (C=O) groups excluding carboxylic acids is 2. The first-order chi connectivity index (χ1) is 13.5. The van der Waals surface area contributed by atoms with Crippen LogP contribution in [-0.4, -0.2) is 69.0 Å². The van der Waals surface area contributed by atoms with E-state index in [9.17, 15) is 9.59 Å². The van der Waals surface area contributed by atoms with E-state index in [0.29, 0.717) is 31.2 Å². The molecule has 0 aromatic heterocycles. The summed E-state index contributed by atoms with van der Waals surface area (Å²) in [4.78, 5) is 25.3. The van der Waals surface area contributed by atoms with Crippen LogP contribution in [0.5, 0.6) is 5.75 Å². The highest BCUT2D eigenvalue weighted by atomic mass is 16.6. The maximum absolute atomic E-state index is 12.1. The summed E-state index contributed by atoms with van der Waals surface area (Å²) in [6, 6.07) is 6.69. The fourth-order valence-electron chi connectivity index (χ4n) is 3.59. The molecule has 0 radical (unpaired) electrons. The minimum atomic E-state index is -0.680. The van der Waals surface area contributed by atoms with Gasteiger partial charge in [-0.05, 0) is 56.0 Å². The van der Waals surface area contributed by atoms with Crippen LogP contribution >= 0.6 is 0 Å². The Morgan fingerprint density at radius 1 is 1.32 bits per heavy atom. The lowest BCUT2D eigenvalue weighted by atomic mass is 9.98. The van der Waals surface area contributed by atoms with Gasteiger partial charge in [0.25, 0.3) is 0 Å². The zero-order chi connectivity index (χ0) is 19.9. The number of cyclic esters (lactones) is 1. The first kappa shape index (κ1) is 20.4. The van der Waals surface area contributed by atoms with Crippen molar-refractivity contribution in [3.8, 4) is 5.75 Å². The van der Waals surface area contributed by atoms with Gasteiger partial charge < -0.3 is 30.2 Å². The lowest BCUT2D eigenvalue weighted by Crippen LogP contribution is -2.37. The van der Waals surface area contributed by atoms with Crippen molar-refractivity contribution in [3.05, 3.63) is 29.8 Å². The Hall–Kier alpha value is -2.32. The lowest BCUT2D eigenvalue weighted by molar-refractivity contribution is -0.142. The summed E-state index contributed by atoms with van der Waals surface area (Å²) in [5.74, 6) is 0.790. The SMILES string of the molecule is COC(=O)C(N)Cc1ccc(OCC2CN(CC3CCNCC3)C(=O)O2)cc1. The maximum atomic E-state index is 12.1. The van der Waals surface area contributed by atoms with Crippen LogP contribution in [0.2, 0.25) is 0 Å². The van der Waals surface area contributed by atoms with Crippen LogP contribution in [0.15, 0.2) is 24.3 Å². The molecular formula is C20H29N3O5. The zero-order valence-corrected chi connectivity index (χ0v) is 16.3. The third kappa shape index (κ3) is 5.59. The van der Waals surface area contributed by atoms with Gasteiger partial charge in [0.05, 0.1) is 13.7 Å². The number of hydrogen-bond donors (Lipinski definition) is 2. The number of benzene rings is 1. The molecule has 2 aliphatic heterocycles. The van der Waals surface area contributed by atoms with E-state index in [2.05, 4.69) is 10.1 Å². The van der Waals surface area contributed by atoms with Crippen LogP contribution in [0.3, 0.4) is 0 Å². The van der Waals surface area contributed by atoms with Crippen LogP contribution < -0.4 is 15.8 Å². The molecular weight excluding hydrogens is 362 g/mol. The van der Waals surface area contributed by atoms with Crippen molar-refractivity contribution in [1.29, 1.82) is 0 Å². The quantitative estimate of drug-likeness (QED) is 0.636. The summed E-state index contributed by atoms with van der Waals surface area (Å²) in [6.07, 6.45) is 2.08. The number of nitrogens with one attached hydrogen (secondary N) is 1. The summed E-state index contributed by atoms with van der Waals surface area (Å²) >= 11 is 0. The molecule has 3 rings (SSSR count). The van der Waals surface area contributed by atoms with E-state index in [-0.39, 0.29) is 12.2 Å². The minimum absolute atomic E-state index is 0.251. The fourth-order valence-corrected chi connectivity index (χ4v) is 3.59. The first-order valence-electron chi connectivity index (χ1n) is 9.76. The van der Waals surface area contributed by atoms with Gasteiger partial charge in [-0.15, -0.1) is 0 Å². The number of methoxy groups -OCH3 is 1. The van der Waals surface area contributed by atoms with E-state index in [0.717, 1.165) is 38.0 Å². The molecule has 2 aliphatic rings. The Morgan fingerprint density at radius 3 is 2.71 bits per heavy atom. The Bertz CT molecular complexity index is 660. The highest BCUT2D eigenvalue weighted by molar-refractivity contribution is 5.75. The molecule has 2 heterocycles. The van der Waals surface area contributed by atoms with E-state index in [4.69, 9.17) is 15.2 Å². The molecule has 0 saturated carbocycles. The molecule has 0 spiro atoms. The average molecular weight is 391 g/mol. The summed E-state index contributed by atoms with van der Waals surface area (Å²) in [6.45, 7) is 3.66. The van der Waals surface area contributed by atoms with Crippen molar-refractivity contribution in [3.63, 3.8) is 0 Å². The molecule has 0 bridgehead atoms. The van der Waals surface area contributed by atoms with E-state index in [1.165, 1.54) is 7.11 Å². The second kappa shape index (κ2) is 9.75. The van der Waals surface area contributed by atoms with Crippen molar-refractivity contribution in [2.75, 3.05) is 39.9 Å². The van der Waals surface area contributed by atoms with Gasteiger partial charge >= 0.3 is 12.1 Å². The highest BCUT2D eigenvalue weighted by Crippen LogP contribution is 2.20. The number of carbonyl (C=O) groups is 2. The molecule has 1 amide bonds. The van der Waals surface area contributed by atoms with Gasteiger partial charge in [-0.3, -0.25) is 4.79 Å². The van der Waals surface area contributed by atoms with Crippen molar-refractivity contribution in [1.82, 2.24) is 10.2 Å². The second-order valence-corrected chi connectivity index (χ2v) is 7.39. The molecule has 28 heavy (non-hydrogen) atoms. The minimum Gasteiger partial charge on any atom is -0.490 e. The summed E-state index contributed by atoms with van der Waals surface area (Å²) < 4.78 is 15.8. The van der Waals surface area contributed by atoms with Gasteiger partial charge in [0.1, 0.15) is 18.4 Å². The second-order valence-electron chi connectivity index (χ2n) is 7.39. The number of esters is 1. The van der Waals surface area contributed by atoms with E-state index in [1.807, 2.05) is 24.3 Å². The number of amides is 1. The van der Waals surface area contributed by atoms with Gasteiger partial charge in [0.2, 0.25) is 0 Å². The molecule has 8 heteroatoms. The Labute approximate surface area is 165 Å². The highest BCUT2D eigenvalue weighted by Gasteiger charge is 2.33. The van der Waals surface area contributed by atoms with E-state index >= 15 is 0 Å². The van der Waals surface area contributed by atoms with Crippen LogP contribution in [0, 0.1) is 5.92 Å². The molecule has 3 N–H and O–H groups in total. The van der Waals surface area contributed by atoms with E-state index in [1.54, 1.807) is 4.90 Å². The molecule has 1 aromatic carbocycles. The number of piperidine rings is 1. The number of rotatable bonds is 8. The molecule has 2 unspecified atom stereocenters. The summed E-state index contributed by atoms with van der Waals surface area (Å²) in [7, 11) is 1.32. The van der Waals surface area contributed by atoms with Crippen molar-refractivity contribution >= 4 is 12.1 Å². The predicted molar refractivity (Wildman–Crippen MR) is 103 cm³/mol. The molecule has 2 saturated heterocycles. The normalized spacial score (nSPS) is 21.3. The standard InChI is InChI=1S/C20H29N3O5/c1-26-19(24)18(21)10-14-2-4-16(5-3-14)27-13-17-12-23(20(25)28-17)11-15-6-8-22-9-7-15/h2-5,15,17-18,22H,6-13,21H2,1H3. The third-order valence-electron chi connectivity index (χ3n) is 5.21. The van der Waals surface area contributed by atoms with Gasteiger partial charge in [0.15, 0.2) is 6.10 Å². The Morgan fingerprint density at radius 2 is 2.04 bits per heavy atom. The predicted octanol–water partition coefficient (Wildman–Crippen LogP) is 0.929. The summed E-state index contributed by atoms with van der Waals surface area (Å²) in [5, 5.41) is 3.34. The van der Waals surface area contributed by atoms with Crippen LogP contribution in [0.1, 0.15) is 18.4 Å². The van der Waals surface area contributed by atoms with Gasteiger partial charge in [-0.1, -0.05) is 12.1 Å². The zero-order valence-electron chi connectivity index (χ0n) is 16.3. The maximum Gasteiger partial charge on any atom is 0.410 e. The van der Waals surface area contributed by atoms with Gasteiger partial charge in [-0.25, -0.2) is 4.79 Å². The molecule has 0 aliphatic carbocycles. The number of hydrogen-bond acceptors (Lipinski definition) is 7. The van der Waals surface area contributed by atoms with Crippen LogP contribution in [0.4, 0.5) is 4.79 Å². The Balaban J connectivity index is 1.42. The van der Waals surface area contributed by atoms with Gasteiger partial charge in [0, 0.05) is 6.54 Å². The van der Waals surface area contributed by atoms with Gasteiger partial charge in [-0.2, -0.15) is 0 Å². The largest absolute Gasteiger partial charge is 0.490 e. The summed E-state index contributed by atoms with van der Waals surface area (Å²) in [5.41, 5.74) is 6.69. The smallest absolute Gasteiger partial charge is 0.410 e. The van der Waals surface area contributed by atoms with Crippen LogP contribution in [0.25, 0.3) is 0 Å². The third-order valence-corrected chi connectivity index (χ3v) is 5.21. The Kier molecular flexibility index (Phi) is 7.11. The molecule has 2 fully saturated rings. The van der Waals surface area contributed by atoms with Crippen molar-refractivity contribution < 1.29 is 23.8 Å². The van der Waals surface area contributed by atoms with Crippen molar-refractivity contribution in [2.24, 2.45) is 11.7 Å². The average Bonchev–Trinajstić information content (AvgIpc) is 3.06. The van der Waals surface area contributed by atoms with Crippen LogP contribution in [-0.2, 0) is 20.7 Å².